The number of hydrazone groups is 1. The van der Waals surface area contributed by atoms with Gasteiger partial charge in [0.05, 0.1) is 23.9 Å². The van der Waals surface area contributed by atoms with Crippen LogP contribution in [0.3, 0.4) is 0 Å². The number of benzene rings is 2. The molecule has 1 saturated heterocycles. The highest BCUT2D eigenvalue weighted by molar-refractivity contribution is 6.36. The van der Waals surface area contributed by atoms with E-state index in [1.807, 2.05) is 31.2 Å². The molecule has 0 aromatic heterocycles. The van der Waals surface area contributed by atoms with Gasteiger partial charge in [-0.25, -0.2) is 16.3 Å². The number of carbonyl (C=O) groups is 1. The molecule has 1 amide bonds. The van der Waals surface area contributed by atoms with Gasteiger partial charge in [-0.1, -0.05) is 47.5 Å². The molecule has 1 aliphatic rings. The molecular weight excluding hydrogens is 387 g/mol. The molecule has 2 aromatic carbocycles. The Bertz CT molecular complexity index is 844. The second-order valence-electron chi connectivity index (χ2n) is 6.00. The van der Waals surface area contributed by atoms with E-state index in [1.165, 1.54) is 6.21 Å². The molecule has 1 aliphatic heterocycles. The van der Waals surface area contributed by atoms with Crippen LogP contribution in [0.5, 0.6) is 5.75 Å². The van der Waals surface area contributed by atoms with Crippen LogP contribution in [-0.4, -0.2) is 24.8 Å². The van der Waals surface area contributed by atoms with Crippen molar-refractivity contribution in [1.82, 2.24) is 16.3 Å². The van der Waals surface area contributed by atoms with E-state index in [1.54, 1.807) is 18.2 Å². The largest absolute Gasteiger partial charge is 0.494 e. The summed E-state index contributed by atoms with van der Waals surface area (Å²) in [6.07, 6.45) is 2.06. The minimum Gasteiger partial charge on any atom is -0.494 e. The first-order valence-electron chi connectivity index (χ1n) is 8.59. The molecular formula is C19H20Cl2N4O2. The van der Waals surface area contributed by atoms with E-state index in [-0.39, 0.29) is 11.9 Å². The van der Waals surface area contributed by atoms with Crippen molar-refractivity contribution in [1.29, 1.82) is 0 Å². The maximum Gasteiger partial charge on any atom is 0.258 e. The lowest BCUT2D eigenvalue weighted by Gasteiger charge is -2.15. The van der Waals surface area contributed by atoms with Crippen molar-refractivity contribution >= 4 is 35.3 Å². The predicted molar refractivity (Wildman–Crippen MR) is 107 cm³/mol. The fourth-order valence-corrected chi connectivity index (χ4v) is 3.29. The Balaban J connectivity index is 1.59. The Labute approximate surface area is 167 Å². The summed E-state index contributed by atoms with van der Waals surface area (Å²) in [5.41, 5.74) is 10.4. The van der Waals surface area contributed by atoms with E-state index in [0.717, 1.165) is 11.3 Å². The van der Waals surface area contributed by atoms with E-state index < -0.39 is 6.04 Å². The number of carbonyl (C=O) groups excluding carboxylic acids is 1. The maximum absolute atomic E-state index is 12.3. The second kappa shape index (κ2) is 9.19. The molecule has 0 radical (unpaired) electrons. The van der Waals surface area contributed by atoms with Crippen molar-refractivity contribution in [3.63, 3.8) is 0 Å². The summed E-state index contributed by atoms with van der Waals surface area (Å²) in [7, 11) is 0. The number of halogens is 2. The van der Waals surface area contributed by atoms with Crippen LogP contribution in [0, 0.1) is 0 Å². The molecule has 0 aliphatic carbocycles. The summed E-state index contributed by atoms with van der Waals surface area (Å²) < 4.78 is 5.66. The third-order valence-electron chi connectivity index (χ3n) is 4.15. The zero-order valence-electron chi connectivity index (χ0n) is 14.7. The third-order valence-corrected chi connectivity index (χ3v) is 4.72. The number of nitrogens with zero attached hydrogens (tertiary/aromatic N) is 1. The smallest absolute Gasteiger partial charge is 0.258 e. The molecule has 0 saturated carbocycles. The van der Waals surface area contributed by atoms with Gasteiger partial charge in [0, 0.05) is 16.1 Å². The zero-order valence-corrected chi connectivity index (χ0v) is 16.2. The highest BCUT2D eigenvalue weighted by Gasteiger charge is 2.31. The molecule has 1 heterocycles. The van der Waals surface area contributed by atoms with Crippen molar-refractivity contribution in [2.45, 2.75) is 25.4 Å². The molecule has 0 bridgehead atoms. The van der Waals surface area contributed by atoms with Crippen molar-refractivity contribution in [2.75, 3.05) is 6.61 Å². The molecule has 1 fully saturated rings. The highest BCUT2D eigenvalue weighted by atomic mass is 35.5. The number of hydrogen-bond acceptors (Lipinski definition) is 5. The molecule has 0 spiro atoms. The van der Waals surface area contributed by atoms with E-state index >= 15 is 0 Å². The van der Waals surface area contributed by atoms with Crippen LogP contribution in [0.15, 0.2) is 47.6 Å². The monoisotopic (exact) mass is 406 g/mol. The van der Waals surface area contributed by atoms with Crippen LogP contribution in [-0.2, 0) is 4.79 Å². The zero-order chi connectivity index (χ0) is 19.2. The first-order chi connectivity index (χ1) is 13.1. The normalized spacial score (nSPS) is 19.4. The lowest BCUT2D eigenvalue weighted by Crippen LogP contribution is -2.41. The van der Waals surface area contributed by atoms with E-state index in [0.29, 0.717) is 28.6 Å². The van der Waals surface area contributed by atoms with E-state index in [4.69, 9.17) is 27.9 Å². The molecule has 2 unspecified atom stereocenters. The van der Waals surface area contributed by atoms with Gasteiger partial charge >= 0.3 is 0 Å². The molecule has 8 heteroatoms. The molecule has 27 heavy (non-hydrogen) atoms. The van der Waals surface area contributed by atoms with Crippen molar-refractivity contribution < 1.29 is 9.53 Å². The molecule has 142 valence electrons. The molecule has 6 nitrogen and oxygen atoms in total. The summed E-state index contributed by atoms with van der Waals surface area (Å²) in [4.78, 5) is 12.3. The average molecular weight is 407 g/mol. The Morgan fingerprint density at radius 1 is 1.30 bits per heavy atom. The van der Waals surface area contributed by atoms with Crippen LogP contribution < -0.4 is 21.0 Å². The van der Waals surface area contributed by atoms with Gasteiger partial charge in [-0.3, -0.25) is 4.79 Å². The van der Waals surface area contributed by atoms with Crippen molar-refractivity contribution in [3.05, 3.63) is 63.6 Å². The number of para-hydroxylation sites is 1. The predicted octanol–water partition coefficient (Wildman–Crippen LogP) is 3.45. The van der Waals surface area contributed by atoms with Gasteiger partial charge in [-0.15, -0.1) is 0 Å². The van der Waals surface area contributed by atoms with Gasteiger partial charge in [-0.05, 0) is 31.5 Å². The average Bonchev–Trinajstić information content (AvgIpc) is 3.14. The molecule has 2 atom stereocenters. The van der Waals surface area contributed by atoms with E-state index in [9.17, 15) is 4.79 Å². The Morgan fingerprint density at radius 2 is 2.11 bits per heavy atom. The van der Waals surface area contributed by atoms with Crippen molar-refractivity contribution in [2.24, 2.45) is 5.10 Å². The minimum atomic E-state index is -0.414. The second-order valence-corrected chi connectivity index (χ2v) is 6.84. The lowest BCUT2D eigenvalue weighted by atomic mass is 10.0. The third kappa shape index (κ3) is 4.99. The van der Waals surface area contributed by atoms with Gasteiger partial charge in [0.2, 0.25) is 0 Å². The number of hydrogen-bond donors (Lipinski definition) is 3. The number of nitrogens with one attached hydrogen (secondary N) is 3. The quantitative estimate of drug-likeness (QED) is 0.507. The topological polar surface area (TPSA) is 74.8 Å². The first kappa shape index (κ1) is 19.6. The van der Waals surface area contributed by atoms with Crippen LogP contribution in [0.1, 0.15) is 30.5 Å². The Kier molecular flexibility index (Phi) is 6.68. The van der Waals surface area contributed by atoms with Crippen LogP contribution >= 0.6 is 23.2 Å². The maximum atomic E-state index is 12.3. The highest BCUT2D eigenvalue weighted by Crippen LogP contribution is 2.30. The Hall–Kier alpha value is -2.12. The molecule has 3 N–H and O–H groups in total. The van der Waals surface area contributed by atoms with E-state index in [2.05, 4.69) is 21.4 Å². The fourth-order valence-electron chi connectivity index (χ4n) is 2.84. The van der Waals surface area contributed by atoms with Gasteiger partial charge in [0.1, 0.15) is 11.8 Å². The molecule has 3 rings (SSSR count). The summed E-state index contributed by atoms with van der Waals surface area (Å²) in [5, 5.41) is 4.99. The number of rotatable bonds is 6. The summed E-state index contributed by atoms with van der Waals surface area (Å²) in [6.45, 7) is 2.53. The number of ether oxygens (including phenoxy) is 1. The van der Waals surface area contributed by atoms with Gasteiger partial charge in [-0.2, -0.15) is 5.10 Å². The number of hydrazine groups is 1. The summed E-state index contributed by atoms with van der Waals surface area (Å²) >= 11 is 11.9. The van der Waals surface area contributed by atoms with Crippen LogP contribution in [0.25, 0.3) is 0 Å². The van der Waals surface area contributed by atoms with Crippen LogP contribution in [0.4, 0.5) is 0 Å². The van der Waals surface area contributed by atoms with Crippen molar-refractivity contribution in [3.8, 4) is 5.75 Å². The molecule has 2 aromatic rings. The van der Waals surface area contributed by atoms with Gasteiger partial charge in [0.25, 0.3) is 5.91 Å². The summed E-state index contributed by atoms with van der Waals surface area (Å²) in [5.74, 6) is 0.580. The standard InChI is InChI=1S/C19H20Cl2N4O2/c1-2-27-18-6-4-3-5-14(18)16-10-17(24-23-16)19(26)25-22-11-12-7-8-13(20)9-15(12)21/h3-9,11,16-17,23-24H,2,10H2,1H3,(H,25,26)/b22-11+. The first-order valence-corrected chi connectivity index (χ1v) is 9.34. The van der Waals surface area contributed by atoms with Gasteiger partial charge in [0.15, 0.2) is 0 Å². The fraction of sp³-hybridized carbons (Fsp3) is 0.263. The number of amides is 1. The SMILES string of the molecule is CCOc1ccccc1C1CC(C(=O)N/N=C/c2ccc(Cl)cc2Cl)NN1. The lowest BCUT2D eigenvalue weighted by molar-refractivity contribution is -0.122. The summed E-state index contributed by atoms with van der Waals surface area (Å²) in [6, 6.07) is 12.4. The Morgan fingerprint density at radius 3 is 2.89 bits per heavy atom. The minimum absolute atomic E-state index is 0.0295. The van der Waals surface area contributed by atoms with Crippen LogP contribution in [0.2, 0.25) is 10.0 Å². The van der Waals surface area contributed by atoms with Gasteiger partial charge < -0.3 is 4.74 Å².